The topological polar surface area (TPSA) is 43.5 Å². The Hall–Kier alpha value is -1.26. The van der Waals surface area contributed by atoms with E-state index in [9.17, 15) is 0 Å². The third-order valence-electron chi connectivity index (χ3n) is 2.48. The Kier molecular flexibility index (Phi) is 2.68. The molecular weight excluding hydrogens is 208 g/mol. The second-order valence-corrected chi connectivity index (χ2v) is 4.01. The third kappa shape index (κ3) is 2.87. The van der Waals surface area contributed by atoms with Crippen LogP contribution in [0.5, 0.6) is 11.5 Å². The van der Waals surface area contributed by atoms with Gasteiger partial charge in [-0.05, 0) is 12.1 Å². The van der Waals surface area contributed by atoms with Crippen molar-refractivity contribution < 1.29 is 18.9 Å². The van der Waals surface area contributed by atoms with Gasteiger partial charge in [0.25, 0.3) is 0 Å². The van der Waals surface area contributed by atoms with Gasteiger partial charge in [-0.25, -0.2) is 0 Å². The molecule has 0 aliphatic carbocycles. The molecule has 2 saturated heterocycles. The summed E-state index contributed by atoms with van der Waals surface area (Å²) < 4.78 is 21.3. The molecule has 2 heterocycles. The van der Waals surface area contributed by atoms with Gasteiger partial charge < -0.3 is 18.9 Å². The number of rotatable bonds is 6. The van der Waals surface area contributed by atoms with E-state index in [1.807, 2.05) is 24.3 Å². The van der Waals surface area contributed by atoms with Gasteiger partial charge in [-0.2, -0.15) is 0 Å². The molecule has 2 aliphatic rings. The molecule has 16 heavy (non-hydrogen) atoms. The first-order valence-electron chi connectivity index (χ1n) is 5.49. The molecule has 1 aromatic carbocycles. The maximum Gasteiger partial charge on any atom is 0.123 e. The molecule has 4 nitrogen and oxygen atoms in total. The molecule has 4 heteroatoms. The van der Waals surface area contributed by atoms with Crippen molar-refractivity contribution >= 4 is 0 Å². The maximum absolute atomic E-state index is 5.56. The summed E-state index contributed by atoms with van der Waals surface area (Å²) in [5.74, 6) is 1.65. The highest BCUT2D eigenvalue weighted by Gasteiger charge is 2.24. The summed E-state index contributed by atoms with van der Waals surface area (Å²) in [6.45, 7) is 2.87. The lowest BCUT2D eigenvalue weighted by Crippen LogP contribution is -2.06. The van der Waals surface area contributed by atoms with Crippen LogP contribution in [0.25, 0.3) is 0 Å². The van der Waals surface area contributed by atoms with Gasteiger partial charge in [-0.1, -0.05) is 6.07 Å². The Morgan fingerprint density at radius 3 is 1.94 bits per heavy atom. The molecule has 1 aromatic rings. The van der Waals surface area contributed by atoms with Crippen molar-refractivity contribution in [1.82, 2.24) is 0 Å². The van der Waals surface area contributed by atoms with Crippen LogP contribution in [0.15, 0.2) is 24.3 Å². The second kappa shape index (κ2) is 4.31. The van der Waals surface area contributed by atoms with E-state index in [1.54, 1.807) is 0 Å². The Morgan fingerprint density at radius 2 is 1.50 bits per heavy atom. The van der Waals surface area contributed by atoms with E-state index >= 15 is 0 Å². The van der Waals surface area contributed by atoms with E-state index in [0.29, 0.717) is 13.2 Å². The highest BCUT2D eigenvalue weighted by molar-refractivity contribution is 5.33. The predicted octanol–water partition coefficient (Wildman–Crippen LogP) is 1.24. The molecule has 86 valence electrons. The van der Waals surface area contributed by atoms with Crippen molar-refractivity contribution in [2.45, 2.75) is 12.2 Å². The van der Waals surface area contributed by atoms with Gasteiger partial charge in [0, 0.05) is 6.07 Å². The summed E-state index contributed by atoms with van der Waals surface area (Å²) in [6.07, 6.45) is 0.564. The Bertz CT molecular complexity index is 327. The number of hydrogen-bond acceptors (Lipinski definition) is 4. The quantitative estimate of drug-likeness (QED) is 0.679. The smallest absolute Gasteiger partial charge is 0.123 e. The Balaban J connectivity index is 1.52. The fourth-order valence-corrected chi connectivity index (χ4v) is 1.36. The van der Waals surface area contributed by atoms with Crippen LogP contribution in [0.3, 0.4) is 0 Å². The molecule has 2 fully saturated rings. The maximum atomic E-state index is 5.56. The number of ether oxygens (including phenoxy) is 4. The molecule has 0 radical (unpaired) electrons. The van der Waals surface area contributed by atoms with Crippen molar-refractivity contribution in [2.24, 2.45) is 0 Å². The molecule has 0 saturated carbocycles. The van der Waals surface area contributed by atoms with Crippen LogP contribution in [0.4, 0.5) is 0 Å². The van der Waals surface area contributed by atoms with E-state index in [-0.39, 0.29) is 12.2 Å². The lowest BCUT2D eigenvalue weighted by Gasteiger charge is -2.07. The van der Waals surface area contributed by atoms with Crippen LogP contribution in [0, 0.1) is 0 Å². The molecule has 0 unspecified atom stereocenters. The molecule has 0 amide bonds. The summed E-state index contributed by atoms with van der Waals surface area (Å²) in [7, 11) is 0. The predicted molar refractivity (Wildman–Crippen MR) is 56.9 cm³/mol. The van der Waals surface area contributed by atoms with E-state index < -0.39 is 0 Å². The molecule has 0 bridgehead atoms. The standard InChI is InChI=1S/C12H14O4/c1-2-9(13-5-11-7-15-11)4-10(3-1)14-6-12-8-16-12/h1-4,11-12H,5-8H2/t11-,12+. The van der Waals surface area contributed by atoms with E-state index in [4.69, 9.17) is 18.9 Å². The molecule has 2 aliphatic heterocycles. The largest absolute Gasteiger partial charge is 0.491 e. The van der Waals surface area contributed by atoms with Crippen LogP contribution < -0.4 is 9.47 Å². The first kappa shape index (κ1) is 9.93. The van der Waals surface area contributed by atoms with Gasteiger partial charge in [-0.15, -0.1) is 0 Å². The summed E-state index contributed by atoms with van der Waals surface area (Å²) in [5, 5.41) is 0. The van der Waals surface area contributed by atoms with Gasteiger partial charge in [0.1, 0.15) is 36.9 Å². The number of hydrogen-bond donors (Lipinski definition) is 0. The Labute approximate surface area is 94.1 Å². The lowest BCUT2D eigenvalue weighted by molar-refractivity contribution is 0.252. The minimum Gasteiger partial charge on any atom is -0.491 e. The van der Waals surface area contributed by atoms with Gasteiger partial charge >= 0.3 is 0 Å². The van der Waals surface area contributed by atoms with Crippen molar-refractivity contribution in [3.63, 3.8) is 0 Å². The van der Waals surface area contributed by atoms with Gasteiger partial charge in [0.15, 0.2) is 0 Å². The summed E-state index contributed by atoms with van der Waals surface area (Å²) in [5.41, 5.74) is 0. The Morgan fingerprint density at radius 1 is 1.00 bits per heavy atom. The summed E-state index contributed by atoms with van der Waals surface area (Å²) >= 11 is 0. The average Bonchev–Trinajstić information content (AvgIpc) is 3.17. The van der Waals surface area contributed by atoms with Gasteiger partial charge in [0.2, 0.25) is 0 Å². The number of epoxide rings is 2. The lowest BCUT2D eigenvalue weighted by atomic mass is 10.3. The molecule has 2 atom stereocenters. The van der Waals surface area contributed by atoms with Crippen molar-refractivity contribution in [3.8, 4) is 11.5 Å². The third-order valence-corrected chi connectivity index (χ3v) is 2.48. The summed E-state index contributed by atoms with van der Waals surface area (Å²) in [6, 6.07) is 7.66. The van der Waals surface area contributed by atoms with Crippen molar-refractivity contribution in [2.75, 3.05) is 26.4 Å². The molecule has 3 rings (SSSR count). The van der Waals surface area contributed by atoms with Crippen LogP contribution in [0.2, 0.25) is 0 Å². The van der Waals surface area contributed by atoms with Gasteiger partial charge in [0.05, 0.1) is 13.2 Å². The first-order valence-corrected chi connectivity index (χ1v) is 5.49. The fraction of sp³-hybridized carbons (Fsp3) is 0.500. The van der Waals surface area contributed by atoms with Crippen LogP contribution in [-0.2, 0) is 9.47 Å². The SMILES string of the molecule is c1cc(OC[C@@H]2CO2)cc(OC[C@H]2CO2)c1. The van der Waals surface area contributed by atoms with E-state index in [0.717, 1.165) is 24.7 Å². The zero-order chi connectivity index (χ0) is 10.8. The number of benzene rings is 1. The van der Waals surface area contributed by atoms with Crippen molar-refractivity contribution in [1.29, 1.82) is 0 Å². The average molecular weight is 222 g/mol. The monoisotopic (exact) mass is 222 g/mol. The van der Waals surface area contributed by atoms with Crippen molar-refractivity contribution in [3.05, 3.63) is 24.3 Å². The summed E-state index contributed by atoms with van der Waals surface area (Å²) in [4.78, 5) is 0. The molecular formula is C12H14O4. The first-order chi connectivity index (χ1) is 7.90. The molecule has 0 aromatic heterocycles. The normalized spacial score (nSPS) is 26.2. The van der Waals surface area contributed by atoms with E-state index in [1.165, 1.54) is 0 Å². The zero-order valence-corrected chi connectivity index (χ0v) is 8.93. The fourth-order valence-electron chi connectivity index (χ4n) is 1.36. The van der Waals surface area contributed by atoms with E-state index in [2.05, 4.69) is 0 Å². The molecule has 0 N–H and O–H groups in total. The van der Waals surface area contributed by atoms with Gasteiger partial charge in [-0.3, -0.25) is 0 Å². The minimum absolute atomic E-state index is 0.282. The van der Waals surface area contributed by atoms with Crippen LogP contribution in [-0.4, -0.2) is 38.6 Å². The zero-order valence-electron chi connectivity index (χ0n) is 8.93. The van der Waals surface area contributed by atoms with Crippen LogP contribution in [0.1, 0.15) is 0 Å². The second-order valence-electron chi connectivity index (χ2n) is 4.01. The van der Waals surface area contributed by atoms with Crippen LogP contribution >= 0.6 is 0 Å². The molecule has 0 spiro atoms. The highest BCUT2D eigenvalue weighted by Crippen LogP contribution is 2.22. The minimum atomic E-state index is 0.282. The highest BCUT2D eigenvalue weighted by atomic mass is 16.6.